The lowest BCUT2D eigenvalue weighted by Gasteiger charge is -2.23. The number of halogens is 1. The van der Waals surface area contributed by atoms with Gasteiger partial charge in [-0.1, -0.05) is 66.2 Å². The summed E-state index contributed by atoms with van der Waals surface area (Å²) in [5, 5.41) is 2.81. The Morgan fingerprint density at radius 2 is 1.89 bits per heavy atom. The first-order valence-electron chi connectivity index (χ1n) is 6.71. The Hall–Kier alpha value is -0.820. The fraction of sp³-hybridized carbons (Fsp3) is 0.412. The minimum absolute atomic E-state index is 0.425. The lowest BCUT2D eigenvalue weighted by Crippen LogP contribution is -2.11. The maximum atomic E-state index is 3.90. The summed E-state index contributed by atoms with van der Waals surface area (Å²) in [4.78, 5) is 0.495. The molecule has 0 N–H and O–H groups in total. The lowest BCUT2D eigenvalue weighted by molar-refractivity contribution is 0.316. The topological polar surface area (TPSA) is 0 Å². The van der Waals surface area contributed by atoms with E-state index in [1.807, 2.05) is 0 Å². The Kier molecular flexibility index (Phi) is 2.97. The van der Waals surface area contributed by atoms with Crippen molar-refractivity contribution in [3.63, 3.8) is 0 Å². The first-order chi connectivity index (χ1) is 8.57. The van der Waals surface area contributed by atoms with E-state index in [4.69, 9.17) is 0 Å². The zero-order valence-electron chi connectivity index (χ0n) is 11.0. The van der Waals surface area contributed by atoms with Crippen molar-refractivity contribution in [2.75, 3.05) is 0 Å². The van der Waals surface area contributed by atoms with Crippen LogP contribution in [0.2, 0.25) is 0 Å². The van der Waals surface area contributed by atoms with Crippen LogP contribution in [0.5, 0.6) is 0 Å². The van der Waals surface area contributed by atoms with Gasteiger partial charge in [0.15, 0.2) is 0 Å². The number of fused-ring (bicyclic) bond motifs is 3. The molecule has 0 aromatic heterocycles. The molecule has 1 unspecified atom stereocenters. The van der Waals surface area contributed by atoms with Crippen molar-refractivity contribution in [2.45, 2.75) is 37.9 Å². The van der Waals surface area contributed by atoms with Gasteiger partial charge in [-0.3, -0.25) is 0 Å². The molecule has 94 valence electrons. The highest BCUT2D eigenvalue weighted by molar-refractivity contribution is 9.09. The molecule has 0 nitrogen and oxygen atoms in total. The average Bonchev–Trinajstić information content (AvgIpc) is 2.46. The molecule has 1 heteroatoms. The summed E-state index contributed by atoms with van der Waals surface area (Å²) in [6.07, 6.45) is 3.69. The van der Waals surface area contributed by atoms with Crippen molar-refractivity contribution in [3.8, 4) is 0 Å². The molecule has 0 bridgehead atoms. The summed E-state index contributed by atoms with van der Waals surface area (Å²) < 4.78 is 0. The summed E-state index contributed by atoms with van der Waals surface area (Å²) in [5.41, 5.74) is 3.48. The second-order valence-corrected chi connectivity index (χ2v) is 7.30. The highest BCUT2D eigenvalue weighted by atomic mass is 79.9. The van der Waals surface area contributed by atoms with Crippen LogP contribution in [-0.2, 0) is 6.42 Å². The van der Waals surface area contributed by atoms with Gasteiger partial charge in [0.1, 0.15) is 0 Å². The van der Waals surface area contributed by atoms with Crippen LogP contribution in [0.15, 0.2) is 36.4 Å². The quantitative estimate of drug-likeness (QED) is 0.436. The van der Waals surface area contributed by atoms with Gasteiger partial charge in [-0.15, -0.1) is 0 Å². The Bertz CT molecular complexity index is 583. The molecule has 0 amide bonds. The molecule has 1 atom stereocenters. The molecule has 1 aliphatic rings. The van der Waals surface area contributed by atoms with Gasteiger partial charge in [0.05, 0.1) is 0 Å². The molecule has 2 aromatic carbocycles. The van der Waals surface area contributed by atoms with Crippen molar-refractivity contribution < 1.29 is 0 Å². The zero-order chi connectivity index (χ0) is 12.8. The average molecular weight is 303 g/mol. The van der Waals surface area contributed by atoms with Gasteiger partial charge in [0, 0.05) is 4.83 Å². The fourth-order valence-corrected chi connectivity index (χ4v) is 4.39. The van der Waals surface area contributed by atoms with Crippen LogP contribution in [0.4, 0.5) is 0 Å². The van der Waals surface area contributed by atoms with E-state index in [-0.39, 0.29) is 0 Å². The second-order valence-electron chi connectivity index (χ2n) is 6.19. The highest BCUT2D eigenvalue weighted by Crippen LogP contribution is 2.45. The smallest absolute Gasteiger partial charge is 0.0403 e. The maximum absolute atomic E-state index is 3.90. The van der Waals surface area contributed by atoms with Gasteiger partial charge in [0.25, 0.3) is 0 Å². The summed E-state index contributed by atoms with van der Waals surface area (Å²) >= 11 is 3.90. The Morgan fingerprint density at radius 1 is 1.11 bits per heavy atom. The molecule has 3 rings (SSSR count). The number of alkyl halides is 1. The van der Waals surface area contributed by atoms with E-state index in [1.54, 1.807) is 5.56 Å². The lowest BCUT2D eigenvalue weighted by atomic mass is 9.84. The molecule has 0 heterocycles. The van der Waals surface area contributed by atoms with Gasteiger partial charge in [0.2, 0.25) is 0 Å². The van der Waals surface area contributed by atoms with Crippen LogP contribution < -0.4 is 0 Å². The molecule has 0 radical (unpaired) electrons. The molecule has 0 saturated carbocycles. The van der Waals surface area contributed by atoms with Gasteiger partial charge >= 0.3 is 0 Å². The number of aryl methyl sites for hydroxylation is 1. The van der Waals surface area contributed by atoms with Gasteiger partial charge < -0.3 is 0 Å². The van der Waals surface area contributed by atoms with Gasteiger partial charge in [-0.05, 0) is 46.6 Å². The molecule has 2 aromatic rings. The van der Waals surface area contributed by atoms with Crippen LogP contribution in [-0.4, -0.2) is 0 Å². The van der Waals surface area contributed by atoms with Crippen LogP contribution in [0, 0.1) is 5.41 Å². The molecule has 0 saturated heterocycles. The molecular weight excluding hydrogens is 284 g/mol. The van der Waals surface area contributed by atoms with Crippen LogP contribution in [0.25, 0.3) is 10.8 Å². The maximum Gasteiger partial charge on any atom is 0.0403 e. The van der Waals surface area contributed by atoms with E-state index in [1.165, 1.54) is 35.6 Å². The number of hydrogen-bond acceptors (Lipinski definition) is 0. The molecule has 0 fully saturated rings. The Labute approximate surface area is 118 Å². The molecule has 18 heavy (non-hydrogen) atoms. The van der Waals surface area contributed by atoms with Crippen molar-refractivity contribution in [1.82, 2.24) is 0 Å². The van der Waals surface area contributed by atoms with Crippen molar-refractivity contribution in [3.05, 3.63) is 47.5 Å². The standard InChI is InChI=1S/C17H19Br/c1-17(2)10-9-14-13-6-4-3-5-12(13)7-8-15(14)16(18)11-17/h3-8,16H,9-11H2,1-2H3. The Morgan fingerprint density at radius 3 is 2.72 bits per heavy atom. The minimum atomic E-state index is 0.425. The largest absolute Gasteiger partial charge is 0.0838 e. The predicted octanol–water partition coefficient (Wildman–Crippen LogP) is 5.64. The van der Waals surface area contributed by atoms with E-state index in [0.717, 1.165) is 0 Å². The molecule has 1 aliphatic carbocycles. The monoisotopic (exact) mass is 302 g/mol. The summed E-state index contributed by atoms with van der Waals surface area (Å²) in [5.74, 6) is 0. The third-order valence-corrected chi connectivity index (χ3v) is 5.01. The van der Waals surface area contributed by atoms with E-state index >= 15 is 0 Å². The van der Waals surface area contributed by atoms with E-state index in [0.29, 0.717) is 10.2 Å². The molecular formula is C17H19Br. The minimum Gasteiger partial charge on any atom is -0.0838 e. The molecule has 0 spiro atoms. The van der Waals surface area contributed by atoms with E-state index in [9.17, 15) is 0 Å². The summed E-state index contributed by atoms with van der Waals surface area (Å²) in [6, 6.07) is 13.4. The van der Waals surface area contributed by atoms with Crippen molar-refractivity contribution >= 4 is 26.7 Å². The zero-order valence-corrected chi connectivity index (χ0v) is 12.6. The first kappa shape index (κ1) is 12.2. The number of benzene rings is 2. The van der Waals surface area contributed by atoms with Crippen LogP contribution in [0.3, 0.4) is 0 Å². The van der Waals surface area contributed by atoms with Gasteiger partial charge in [-0.25, -0.2) is 0 Å². The normalized spacial score (nSPS) is 22.5. The highest BCUT2D eigenvalue weighted by Gasteiger charge is 2.28. The summed E-state index contributed by atoms with van der Waals surface area (Å²) in [7, 11) is 0. The predicted molar refractivity (Wildman–Crippen MR) is 82.3 cm³/mol. The van der Waals surface area contributed by atoms with Crippen LogP contribution >= 0.6 is 15.9 Å². The van der Waals surface area contributed by atoms with Crippen molar-refractivity contribution in [1.29, 1.82) is 0 Å². The SMILES string of the molecule is CC1(C)CCc2c(ccc3ccccc23)C(Br)C1. The van der Waals surface area contributed by atoms with Crippen molar-refractivity contribution in [2.24, 2.45) is 5.41 Å². The number of hydrogen-bond donors (Lipinski definition) is 0. The van der Waals surface area contributed by atoms with Crippen LogP contribution in [0.1, 0.15) is 42.6 Å². The number of rotatable bonds is 0. The van der Waals surface area contributed by atoms with E-state index < -0.39 is 0 Å². The third kappa shape index (κ3) is 2.09. The molecule has 0 aliphatic heterocycles. The first-order valence-corrected chi connectivity index (χ1v) is 7.63. The summed E-state index contributed by atoms with van der Waals surface area (Å²) in [6.45, 7) is 4.77. The third-order valence-electron chi connectivity index (χ3n) is 4.20. The fourth-order valence-electron chi connectivity index (χ4n) is 3.09. The second kappa shape index (κ2) is 4.38. The van der Waals surface area contributed by atoms with E-state index in [2.05, 4.69) is 66.2 Å². The Balaban J connectivity index is 2.20. The van der Waals surface area contributed by atoms with Gasteiger partial charge in [-0.2, -0.15) is 0 Å².